The molecule has 0 saturated heterocycles. The number of aromatic amines is 1. The van der Waals surface area contributed by atoms with Gasteiger partial charge in [-0.2, -0.15) is 0 Å². The first-order chi connectivity index (χ1) is 9.63. The molecule has 0 radical (unpaired) electrons. The third kappa shape index (κ3) is 2.35. The van der Waals surface area contributed by atoms with Gasteiger partial charge < -0.3 is 10.3 Å². The lowest BCUT2D eigenvalue weighted by molar-refractivity contribution is 0.101. The number of benzene rings is 1. The van der Waals surface area contributed by atoms with E-state index < -0.39 is 0 Å². The molecule has 20 heavy (non-hydrogen) atoms. The molecule has 1 amide bonds. The fourth-order valence-electron chi connectivity index (χ4n) is 1.86. The van der Waals surface area contributed by atoms with E-state index in [9.17, 15) is 4.79 Å². The molecule has 0 aliphatic heterocycles. The second-order valence-corrected chi connectivity index (χ2v) is 4.71. The normalized spacial score (nSPS) is 10.7. The number of anilines is 1. The number of imidazole rings is 1. The molecule has 100 valence electrons. The highest BCUT2D eigenvalue weighted by Crippen LogP contribution is 2.20. The zero-order valence-electron chi connectivity index (χ0n) is 10.6. The number of carbonyl (C=O) groups excluding carboxylic acids is 1. The van der Waals surface area contributed by atoms with Crippen molar-refractivity contribution in [3.63, 3.8) is 0 Å². The van der Waals surface area contributed by atoms with Gasteiger partial charge in [-0.15, -0.1) is 0 Å². The van der Waals surface area contributed by atoms with Crippen molar-refractivity contribution in [1.82, 2.24) is 15.0 Å². The number of pyridine rings is 1. The van der Waals surface area contributed by atoms with Crippen molar-refractivity contribution in [3.8, 4) is 0 Å². The van der Waals surface area contributed by atoms with E-state index in [0.717, 1.165) is 16.7 Å². The molecular formula is C14H11ClN4O. The monoisotopic (exact) mass is 286 g/mol. The topological polar surface area (TPSA) is 70.7 Å². The quantitative estimate of drug-likeness (QED) is 0.711. The standard InChI is InChI=1S/C14H11ClN4O/c1-8-6-7-11(12(15)16-8)19-14(20)13-17-9-4-2-3-5-10(9)18-13/h2-7H,1H3,(H,17,18)(H,19,20). The van der Waals surface area contributed by atoms with E-state index in [1.54, 1.807) is 12.1 Å². The fourth-order valence-corrected chi connectivity index (χ4v) is 2.10. The lowest BCUT2D eigenvalue weighted by Gasteiger charge is -2.05. The number of fused-ring (bicyclic) bond motifs is 1. The summed E-state index contributed by atoms with van der Waals surface area (Å²) in [5.74, 6) is -0.114. The van der Waals surface area contributed by atoms with Gasteiger partial charge in [0, 0.05) is 5.69 Å². The summed E-state index contributed by atoms with van der Waals surface area (Å²) in [4.78, 5) is 23.4. The number of aromatic nitrogens is 3. The molecule has 0 unspecified atom stereocenters. The van der Waals surface area contributed by atoms with Crippen molar-refractivity contribution in [2.75, 3.05) is 5.32 Å². The van der Waals surface area contributed by atoms with Crippen LogP contribution in [0.3, 0.4) is 0 Å². The zero-order chi connectivity index (χ0) is 14.1. The summed E-state index contributed by atoms with van der Waals surface area (Å²) >= 11 is 5.98. The van der Waals surface area contributed by atoms with E-state index in [4.69, 9.17) is 11.6 Å². The first-order valence-corrected chi connectivity index (χ1v) is 6.40. The maximum atomic E-state index is 12.1. The van der Waals surface area contributed by atoms with Gasteiger partial charge in [-0.3, -0.25) is 4.79 Å². The molecule has 0 saturated carbocycles. The number of halogens is 1. The second-order valence-electron chi connectivity index (χ2n) is 4.35. The Morgan fingerprint density at radius 3 is 2.75 bits per heavy atom. The van der Waals surface area contributed by atoms with E-state index in [2.05, 4.69) is 20.3 Å². The predicted octanol–water partition coefficient (Wildman–Crippen LogP) is 3.17. The molecule has 0 fully saturated rings. The summed E-state index contributed by atoms with van der Waals surface area (Å²) < 4.78 is 0. The van der Waals surface area contributed by atoms with Crippen molar-refractivity contribution in [3.05, 3.63) is 53.1 Å². The average Bonchev–Trinajstić information content (AvgIpc) is 2.86. The minimum absolute atomic E-state index is 0.239. The van der Waals surface area contributed by atoms with E-state index in [1.807, 2.05) is 31.2 Å². The third-order valence-corrected chi connectivity index (χ3v) is 3.13. The molecule has 0 aliphatic rings. The van der Waals surface area contributed by atoms with Crippen LogP contribution < -0.4 is 5.32 Å². The van der Waals surface area contributed by atoms with E-state index in [-0.39, 0.29) is 16.9 Å². The minimum atomic E-state index is -0.353. The number of hydrogen-bond donors (Lipinski definition) is 2. The third-order valence-electron chi connectivity index (χ3n) is 2.84. The van der Waals surface area contributed by atoms with Crippen molar-refractivity contribution in [2.45, 2.75) is 6.92 Å². The molecule has 3 rings (SSSR count). The van der Waals surface area contributed by atoms with Gasteiger partial charge in [-0.25, -0.2) is 9.97 Å². The lowest BCUT2D eigenvalue weighted by Crippen LogP contribution is -2.14. The van der Waals surface area contributed by atoms with Crippen molar-refractivity contribution < 1.29 is 4.79 Å². The molecule has 0 spiro atoms. The van der Waals surface area contributed by atoms with Crippen molar-refractivity contribution in [1.29, 1.82) is 0 Å². The van der Waals surface area contributed by atoms with Crippen LogP contribution in [0.4, 0.5) is 5.69 Å². The number of aryl methyl sites for hydroxylation is 1. The van der Waals surface area contributed by atoms with Crippen LogP contribution in [0.2, 0.25) is 5.15 Å². The van der Waals surface area contributed by atoms with Crippen LogP contribution in [-0.4, -0.2) is 20.9 Å². The summed E-state index contributed by atoms with van der Waals surface area (Å²) in [7, 11) is 0. The van der Waals surface area contributed by atoms with Gasteiger partial charge in [0.05, 0.1) is 16.7 Å². The highest BCUT2D eigenvalue weighted by molar-refractivity contribution is 6.32. The molecule has 6 heteroatoms. The minimum Gasteiger partial charge on any atom is -0.334 e. The smallest absolute Gasteiger partial charge is 0.291 e. The number of H-pyrrole nitrogens is 1. The van der Waals surface area contributed by atoms with Gasteiger partial charge in [0.25, 0.3) is 5.91 Å². The first kappa shape index (κ1) is 12.6. The lowest BCUT2D eigenvalue weighted by atomic mass is 10.3. The molecule has 3 aromatic rings. The van der Waals surface area contributed by atoms with Crippen LogP contribution in [0.1, 0.15) is 16.3 Å². The Morgan fingerprint density at radius 2 is 2.00 bits per heavy atom. The fraction of sp³-hybridized carbons (Fsp3) is 0.0714. The van der Waals surface area contributed by atoms with Gasteiger partial charge in [0.2, 0.25) is 0 Å². The number of rotatable bonds is 2. The summed E-state index contributed by atoms with van der Waals surface area (Å²) in [6.07, 6.45) is 0. The van der Waals surface area contributed by atoms with Crippen molar-refractivity contribution in [2.24, 2.45) is 0 Å². The van der Waals surface area contributed by atoms with Crippen LogP contribution in [0.15, 0.2) is 36.4 Å². The highest BCUT2D eigenvalue weighted by atomic mass is 35.5. The predicted molar refractivity (Wildman–Crippen MR) is 78.0 cm³/mol. The summed E-state index contributed by atoms with van der Waals surface area (Å²) in [6.45, 7) is 1.83. The van der Waals surface area contributed by atoms with E-state index in [0.29, 0.717) is 5.69 Å². The number of amides is 1. The Bertz CT molecular complexity index is 764. The molecule has 2 aromatic heterocycles. The molecular weight excluding hydrogens is 276 g/mol. The summed E-state index contributed by atoms with van der Waals surface area (Å²) in [6, 6.07) is 10.9. The first-order valence-electron chi connectivity index (χ1n) is 6.03. The van der Waals surface area contributed by atoms with Crippen LogP contribution in [0.25, 0.3) is 11.0 Å². The molecule has 2 N–H and O–H groups in total. The van der Waals surface area contributed by atoms with Crippen molar-refractivity contribution >= 4 is 34.2 Å². The average molecular weight is 287 g/mol. The van der Waals surface area contributed by atoms with Crippen LogP contribution in [-0.2, 0) is 0 Å². The molecule has 0 atom stereocenters. The van der Waals surface area contributed by atoms with Gasteiger partial charge in [-0.05, 0) is 31.2 Å². The SMILES string of the molecule is Cc1ccc(NC(=O)c2nc3ccccc3[nH]2)c(Cl)n1. The van der Waals surface area contributed by atoms with E-state index in [1.165, 1.54) is 0 Å². The molecule has 0 bridgehead atoms. The number of hydrogen-bond acceptors (Lipinski definition) is 3. The van der Waals surface area contributed by atoms with Gasteiger partial charge in [0.1, 0.15) is 0 Å². The van der Waals surface area contributed by atoms with E-state index >= 15 is 0 Å². The summed E-state index contributed by atoms with van der Waals surface area (Å²) in [5.41, 5.74) is 2.80. The Labute approximate surface area is 120 Å². The maximum Gasteiger partial charge on any atom is 0.291 e. The second kappa shape index (κ2) is 4.94. The number of carbonyl (C=O) groups is 1. The Hall–Kier alpha value is -2.40. The molecule has 0 aliphatic carbocycles. The van der Waals surface area contributed by atoms with Crippen LogP contribution in [0.5, 0.6) is 0 Å². The molecule has 5 nitrogen and oxygen atoms in total. The molecule has 2 heterocycles. The van der Waals surface area contributed by atoms with Gasteiger partial charge >= 0.3 is 0 Å². The Morgan fingerprint density at radius 1 is 1.20 bits per heavy atom. The zero-order valence-corrected chi connectivity index (χ0v) is 11.4. The molecule has 1 aromatic carbocycles. The Kier molecular flexibility index (Phi) is 3.12. The maximum absolute atomic E-state index is 12.1. The highest BCUT2D eigenvalue weighted by Gasteiger charge is 2.13. The van der Waals surface area contributed by atoms with Gasteiger partial charge in [0.15, 0.2) is 11.0 Å². The van der Waals surface area contributed by atoms with Gasteiger partial charge in [-0.1, -0.05) is 23.7 Å². The Balaban J connectivity index is 1.89. The van der Waals surface area contributed by atoms with Crippen LogP contribution in [0, 0.1) is 6.92 Å². The summed E-state index contributed by atoms with van der Waals surface area (Å²) in [5, 5.41) is 2.95. The van der Waals surface area contributed by atoms with Crippen LogP contribution >= 0.6 is 11.6 Å². The number of para-hydroxylation sites is 2. The number of nitrogens with one attached hydrogen (secondary N) is 2. The number of nitrogens with zero attached hydrogens (tertiary/aromatic N) is 2. The largest absolute Gasteiger partial charge is 0.334 e.